The summed E-state index contributed by atoms with van der Waals surface area (Å²) in [6.07, 6.45) is 9.85. The van der Waals surface area contributed by atoms with Gasteiger partial charge >= 0.3 is 6.09 Å². The molecular formula is C35H48FN5O3. The lowest BCUT2D eigenvalue weighted by Gasteiger charge is -2.33. The molecule has 2 aromatic heterocycles. The van der Waals surface area contributed by atoms with E-state index in [1.54, 1.807) is 18.0 Å². The summed E-state index contributed by atoms with van der Waals surface area (Å²) in [6, 6.07) is 4.46. The van der Waals surface area contributed by atoms with Gasteiger partial charge in [0, 0.05) is 50.5 Å². The Kier molecular flexibility index (Phi) is 9.35. The quantitative estimate of drug-likeness (QED) is 0.309. The molecule has 2 amide bonds. The minimum absolute atomic E-state index is 0.0112. The molecule has 238 valence electrons. The largest absolute Gasteiger partial charge is 0.444 e. The number of aromatic nitrogens is 2. The van der Waals surface area contributed by atoms with E-state index in [0.29, 0.717) is 23.1 Å². The Morgan fingerprint density at radius 3 is 2.48 bits per heavy atom. The van der Waals surface area contributed by atoms with Crippen LogP contribution in [0.15, 0.2) is 36.8 Å². The fourth-order valence-corrected chi connectivity index (χ4v) is 6.63. The molecule has 44 heavy (non-hydrogen) atoms. The maximum absolute atomic E-state index is 14.4. The van der Waals surface area contributed by atoms with Crippen LogP contribution in [0.2, 0.25) is 0 Å². The molecule has 2 fully saturated rings. The Morgan fingerprint density at radius 1 is 1.09 bits per heavy atom. The number of nitrogens with zero attached hydrogens (tertiary/aromatic N) is 5. The number of hydrogen-bond acceptors (Lipinski definition) is 5. The van der Waals surface area contributed by atoms with Gasteiger partial charge in [0.2, 0.25) is 0 Å². The van der Waals surface area contributed by atoms with E-state index < -0.39 is 11.4 Å². The molecular weight excluding hydrogens is 557 g/mol. The molecule has 1 atom stereocenters. The fraction of sp³-hybridized carbons (Fsp3) is 0.571. The van der Waals surface area contributed by atoms with Crippen LogP contribution < -0.4 is 0 Å². The third kappa shape index (κ3) is 7.09. The van der Waals surface area contributed by atoms with Crippen molar-refractivity contribution in [2.24, 2.45) is 11.8 Å². The van der Waals surface area contributed by atoms with E-state index in [1.807, 2.05) is 56.5 Å². The molecule has 0 aliphatic carbocycles. The molecule has 5 rings (SSSR count). The smallest absolute Gasteiger partial charge is 0.410 e. The number of halogens is 1. The van der Waals surface area contributed by atoms with Crippen LogP contribution in [-0.2, 0) is 11.2 Å². The number of likely N-dealkylation sites (tertiary alicyclic amines) is 2. The van der Waals surface area contributed by atoms with Crippen molar-refractivity contribution in [3.05, 3.63) is 59.3 Å². The van der Waals surface area contributed by atoms with Gasteiger partial charge in [0.15, 0.2) is 0 Å². The minimum atomic E-state index is -0.471. The number of carbonyl (C=O) groups excluding carboxylic acids is 2. The molecule has 0 unspecified atom stereocenters. The first-order valence-corrected chi connectivity index (χ1v) is 16.0. The first-order valence-electron chi connectivity index (χ1n) is 16.0. The zero-order valence-electron chi connectivity index (χ0n) is 27.4. The highest BCUT2D eigenvalue weighted by Gasteiger charge is 2.32. The number of benzene rings is 1. The van der Waals surface area contributed by atoms with Crippen LogP contribution in [-0.4, -0.2) is 87.7 Å². The lowest BCUT2D eigenvalue weighted by molar-refractivity contribution is 0.0284. The van der Waals surface area contributed by atoms with Crippen molar-refractivity contribution in [2.45, 2.75) is 78.9 Å². The van der Waals surface area contributed by atoms with Crippen LogP contribution in [0.25, 0.3) is 16.6 Å². The van der Waals surface area contributed by atoms with Gasteiger partial charge in [0.05, 0.1) is 23.0 Å². The third-order valence-corrected chi connectivity index (χ3v) is 9.19. The summed E-state index contributed by atoms with van der Waals surface area (Å²) in [5.41, 5.74) is 3.81. The SMILES string of the molecule is Cc1cncc2c1c(CC1CCN(C[C@@H]3CCN(C(=O)OC(C)(C)C)C3)CC1)cn2-c1ccc(F)cc1C(=O)N(C)C(C)C. The van der Waals surface area contributed by atoms with E-state index in [9.17, 15) is 14.0 Å². The standard InChI is InChI=1S/C35H48FN5O3/c1-23(2)38(7)33(42)29-17-28(36)8-9-30(29)41-22-27(32-24(3)18-37-19-31(32)41)16-25-10-13-39(14-11-25)20-26-12-15-40(21-26)34(43)44-35(4,5)6/h8-9,17-19,22-23,25-26H,10-16,20-21H2,1-7H3/t26-/m0/s1. The summed E-state index contributed by atoms with van der Waals surface area (Å²) in [5.74, 6) is 0.389. The second-order valence-electron chi connectivity index (χ2n) is 14.1. The maximum atomic E-state index is 14.4. The van der Waals surface area contributed by atoms with Gasteiger partial charge in [-0.2, -0.15) is 0 Å². The molecule has 0 radical (unpaired) electrons. The topological polar surface area (TPSA) is 70.9 Å². The van der Waals surface area contributed by atoms with Gasteiger partial charge in [0.1, 0.15) is 11.4 Å². The van der Waals surface area contributed by atoms with Crippen molar-refractivity contribution in [1.82, 2.24) is 24.3 Å². The van der Waals surface area contributed by atoms with E-state index in [1.165, 1.54) is 17.7 Å². The number of aryl methyl sites for hydroxylation is 1. The Labute approximate surface area is 261 Å². The van der Waals surface area contributed by atoms with Crippen LogP contribution >= 0.6 is 0 Å². The van der Waals surface area contributed by atoms with Gasteiger partial charge in [0.25, 0.3) is 5.91 Å². The second-order valence-corrected chi connectivity index (χ2v) is 14.1. The molecule has 9 heteroatoms. The molecule has 2 aliphatic rings. The first kappa shape index (κ1) is 31.9. The first-order chi connectivity index (χ1) is 20.8. The van der Waals surface area contributed by atoms with E-state index in [2.05, 4.69) is 23.0 Å². The molecule has 0 spiro atoms. The van der Waals surface area contributed by atoms with E-state index in [0.717, 1.165) is 74.9 Å². The number of amides is 2. The van der Waals surface area contributed by atoms with Gasteiger partial charge in [-0.25, -0.2) is 9.18 Å². The number of fused-ring (bicyclic) bond motifs is 1. The Morgan fingerprint density at radius 2 is 1.80 bits per heavy atom. The lowest BCUT2D eigenvalue weighted by Crippen LogP contribution is -2.39. The third-order valence-electron chi connectivity index (χ3n) is 9.19. The average Bonchev–Trinajstić information content (AvgIpc) is 3.58. The highest BCUT2D eigenvalue weighted by Crippen LogP contribution is 2.33. The van der Waals surface area contributed by atoms with Gasteiger partial charge in [-0.15, -0.1) is 0 Å². The number of hydrogen-bond donors (Lipinski definition) is 0. The zero-order valence-corrected chi connectivity index (χ0v) is 27.4. The second kappa shape index (κ2) is 12.9. The molecule has 2 saturated heterocycles. The van der Waals surface area contributed by atoms with Gasteiger partial charge in [-0.05, 0) is 121 Å². The highest BCUT2D eigenvalue weighted by molar-refractivity contribution is 5.99. The van der Waals surface area contributed by atoms with Crippen LogP contribution in [0.5, 0.6) is 0 Å². The average molecular weight is 606 g/mol. The normalized spacial score (nSPS) is 18.4. The van der Waals surface area contributed by atoms with Crippen molar-refractivity contribution >= 4 is 22.9 Å². The molecule has 0 saturated carbocycles. The van der Waals surface area contributed by atoms with Crippen molar-refractivity contribution in [2.75, 3.05) is 39.8 Å². The van der Waals surface area contributed by atoms with Gasteiger partial charge in [-0.1, -0.05) is 0 Å². The van der Waals surface area contributed by atoms with Crippen molar-refractivity contribution in [3.8, 4) is 5.69 Å². The van der Waals surface area contributed by atoms with Gasteiger partial charge in [-0.3, -0.25) is 9.78 Å². The number of pyridine rings is 1. The number of ether oxygens (including phenoxy) is 1. The van der Waals surface area contributed by atoms with Crippen molar-refractivity contribution in [3.63, 3.8) is 0 Å². The zero-order chi connectivity index (χ0) is 31.8. The van der Waals surface area contributed by atoms with E-state index >= 15 is 0 Å². The molecule has 1 aromatic carbocycles. The molecule has 0 bridgehead atoms. The maximum Gasteiger partial charge on any atom is 0.410 e. The molecule has 8 nitrogen and oxygen atoms in total. The van der Waals surface area contributed by atoms with Crippen LogP contribution in [0.4, 0.5) is 9.18 Å². The Bertz CT molecular complexity index is 1500. The number of piperidine rings is 1. The van der Waals surface area contributed by atoms with Crippen LogP contribution in [0, 0.1) is 24.6 Å². The predicted molar refractivity (Wildman–Crippen MR) is 172 cm³/mol. The highest BCUT2D eigenvalue weighted by atomic mass is 19.1. The lowest BCUT2D eigenvalue weighted by atomic mass is 9.89. The van der Waals surface area contributed by atoms with Gasteiger partial charge < -0.3 is 24.0 Å². The molecule has 3 aromatic rings. The summed E-state index contributed by atoms with van der Waals surface area (Å²) < 4.78 is 22.0. The fourth-order valence-electron chi connectivity index (χ4n) is 6.63. The summed E-state index contributed by atoms with van der Waals surface area (Å²) in [4.78, 5) is 36.4. The molecule has 2 aliphatic heterocycles. The van der Waals surface area contributed by atoms with Crippen molar-refractivity contribution < 1.29 is 18.7 Å². The minimum Gasteiger partial charge on any atom is -0.444 e. The van der Waals surface area contributed by atoms with Crippen LogP contribution in [0.3, 0.4) is 0 Å². The van der Waals surface area contributed by atoms with E-state index in [4.69, 9.17) is 4.74 Å². The Balaban J connectivity index is 1.28. The summed E-state index contributed by atoms with van der Waals surface area (Å²) in [5, 5.41) is 1.16. The molecule has 0 N–H and O–H groups in total. The predicted octanol–water partition coefficient (Wildman–Crippen LogP) is 6.46. The van der Waals surface area contributed by atoms with Crippen molar-refractivity contribution in [1.29, 1.82) is 0 Å². The number of rotatable bonds is 7. The summed E-state index contributed by atoms with van der Waals surface area (Å²) >= 11 is 0. The molecule has 4 heterocycles. The Hall–Kier alpha value is -3.46. The van der Waals surface area contributed by atoms with E-state index in [-0.39, 0.29) is 18.0 Å². The summed E-state index contributed by atoms with van der Waals surface area (Å²) in [7, 11) is 1.75. The van der Waals surface area contributed by atoms with Crippen LogP contribution in [0.1, 0.15) is 75.4 Å². The summed E-state index contributed by atoms with van der Waals surface area (Å²) in [6.45, 7) is 16.3. The monoisotopic (exact) mass is 605 g/mol. The number of carbonyl (C=O) groups is 2.